The zero-order valence-corrected chi connectivity index (χ0v) is 9.24. The van der Waals surface area contributed by atoms with Gasteiger partial charge in [0.15, 0.2) is 0 Å². The molecule has 88 valence electrons. The summed E-state index contributed by atoms with van der Waals surface area (Å²) in [6.45, 7) is 0.604. The number of hydrogen-bond donors (Lipinski definition) is 2. The first-order valence-corrected chi connectivity index (χ1v) is 6.13. The number of hydrogen-bond acceptors (Lipinski definition) is 3. The SMILES string of the molecule is O=C1NN[C@H]2C(=O)N(C3CCCCC3)C[C@@H]12. The van der Waals surface area contributed by atoms with Crippen molar-refractivity contribution in [2.45, 2.75) is 44.2 Å². The van der Waals surface area contributed by atoms with E-state index >= 15 is 0 Å². The minimum Gasteiger partial charge on any atom is -0.337 e. The lowest BCUT2D eigenvalue weighted by molar-refractivity contribution is -0.132. The number of nitrogens with zero attached hydrogens (tertiary/aromatic N) is 1. The maximum atomic E-state index is 12.1. The molecule has 3 rings (SSSR count). The third-order valence-corrected chi connectivity index (χ3v) is 4.05. The molecule has 5 heteroatoms. The number of hydrazine groups is 1. The van der Waals surface area contributed by atoms with Gasteiger partial charge in [0.05, 0.1) is 5.92 Å². The van der Waals surface area contributed by atoms with Gasteiger partial charge in [-0.1, -0.05) is 19.3 Å². The highest BCUT2D eigenvalue weighted by atomic mass is 16.2. The van der Waals surface area contributed by atoms with E-state index in [0.717, 1.165) is 12.8 Å². The van der Waals surface area contributed by atoms with Crippen LogP contribution in [0.15, 0.2) is 0 Å². The van der Waals surface area contributed by atoms with E-state index in [2.05, 4.69) is 10.9 Å². The van der Waals surface area contributed by atoms with Gasteiger partial charge in [-0.3, -0.25) is 15.0 Å². The summed E-state index contributed by atoms with van der Waals surface area (Å²) in [5.41, 5.74) is 5.34. The number of rotatable bonds is 1. The molecule has 0 aromatic carbocycles. The summed E-state index contributed by atoms with van der Waals surface area (Å²) in [5.74, 6) is -0.0960. The largest absolute Gasteiger partial charge is 0.337 e. The molecule has 1 saturated carbocycles. The Labute approximate surface area is 94.5 Å². The molecule has 0 aromatic rings. The van der Waals surface area contributed by atoms with Gasteiger partial charge in [0, 0.05) is 12.6 Å². The Hall–Kier alpha value is -1.10. The van der Waals surface area contributed by atoms with Crippen molar-refractivity contribution in [2.24, 2.45) is 5.92 Å². The predicted octanol–water partition coefficient (Wildman–Crippen LogP) is -0.220. The summed E-state index contributed by atoms with van der Waals surface area (Å²) in [4.78, 5) is 25.5. The smallest absolute Gasteiger partial charge is 0.242 e. The molecule has 0 unspecified atom stereocenters. The monoisotopic (exact) mass is 223 g/mol. The Morgan fingerprint density at radius 3 is 2.56 bits per heavy atom. The van der Waals surface area contributed by atoms with Crippen molar-refractivity contribution in [3.8, 4) is 0 Å². The number of likely N-dealkylation sites (tertiary alicyclic amines) is 1. The van der Waals surface area contributed by atoms with E-state index < -0.39 is 0 Å². The van der Waals surface area contributed by atoms with E-state index in [1.807, 2.05) is 4.90 Å². The minimum absolute atomic E-state index is 0.0309. The van der Waals surface area contributed by atoms with Crippen LogP contribution in [0.5, 0.6) is 0 Å². The van der Waals surface area contributed by atoms with Crippen LogP contribution >= 0.6 is 0 Å². The summed E-state index contributed by atoms with van der Waals surface area (Å²) in [6.07, 6.45) is 5.91. The standard InChI is InChI=1S/C11H17N3O2/c15-10-8-6-14(7-4-2-1-3-5-7)11(16)9(8)12-13-10/h7-9,12H,1-6H2,(H,13,15)/t8-,9-/m1/s1. The number of nitrogens with one attached hydrogen (secondary N) is 2. The number of amides is 2. The lowest BCUT2D eigenvalue weighted by Crippen LogP contribution is -2.45. The van der Waals surface area contributed by atoms with Crippen molar-refractivity contribution in [3.63, 3.8) is 0 Å². The van der Waals surface area contributed by atoms with Crippen LogP contribution in [-0.4, -0.2) is 35.3 Å². The van der Waals surface area contributed by atoms with Crippen LogP contribution in [0.4, 0.5) is 0 Å². The number of fused-ring (bicyclic) bond motifs is 1. The van der Waals surface area contributed by atoms with Gasteiger partial charge in [0.1, 0.15) is 6.04 Å². The van der Waals surface area contributed by atoms with Crippen LogP contribution in [0.1, 0.15) is 32.1 Å². The van der Waals surface area contributed by atoms with Crippen LogP contribution in [0, 0.1) is 5.92 Å². The van der Waals surface area contributed by atoms with Crippen LogP contribution in [0.3, 0.4) is 0 Å². The Morgan fingerprint density at radius 2 is 1.88 bits per heavy atom. The topological polar surface area (TPSA) is 61.4 Å². The first kappa shape index (κ1) is 10.1. The second-order valence-electron chi connectivity index (χ2n) is 5.00. The van der Waals surface area contributed by atoms with Crippen LogP contribution in [-0.2, 0) is 9.59 Å². The molecule has 2 amide bonds. The molecule has 0 bridgehead atoms. The van der Waals surface area contributed by atoms with Gasteiger partial charge < -0.3 is 4.90 Å². The maximum absolute atomic E-state index is 12.1. The fraction of sp³-hybridized carbons (Fsp3) is 0.818. The second kappa shape index (κ2) is 3.73. The van der Waals surface area contributed by atoms with Gasteiger partial charge in [0.25, 0.3) is 0 Å². The quantitative estimate of drug-likeness (QED) is 0.646. The predicted molar refractivity (Wildman–Crippen MR) is 57.1 cm³/mol. The molecule has 5 nitrogen and oxygen atoms in total. The fourth-order valence-electron chi connectivity index (χ4n) is 3.12. The molecule has 0 spiro atoms. The van der Waals surface area contributed by atoms with Crippen LogP contribution in [0.2, 0.25) is 0 Å². The van der Waals surface area contributed by atoms with Crippen LogP contribution in [0.25, 0.3) is 0 Å². The van der Waals surface area contributed by atoms with E-state index in [-0.39, 0.29) is 23.8 Å². The summed E-state index contributed by atoms with van der Waals surface area (Å²) in [6, 6.07) is 0.0656. The van der Waals surface area contributed by atoms with E-state index in [0.29, 0.717) is 12.6 Å². The molecule has 3 fully saturated rings. The van der Waals surface area contributed by atoms with Gasteiger partial charge in [-0.15, -0.1) is 0 Å². The lowest BCUT2D eigenvalue weighted by Gasteiger charge is -2.31. The summed E-state index contributed by atoms with van der Waals surface area (Å²) in [5, 5.41) is 0. The average molecular weight is 223 g/mol. The maximum Gasteiger partial charge on any atom is 0.242 e. The van der Waals surface area contributed by atoms with Crippen molar-refractivity contribution in [2.75, 3.05) is 6.54 Å². The number of carbonyl (C=O) groups is 2. The van der Waals surface area contributed by atoms with E-state index in [1.165, 1.54) is 19.3 Å². The molecular weight excluding hydrogens is 206 g/mol. The zero-order valence-electron chi connectivity index (χ0n) is 9.24. The zero-order chi connectivity index (χ0) is 11.1. The lowest BCUT2D eigenvalue weighted by atomic mass is 9.94. The molecule has 0 aromatic heterocycles. The van der Waals surface area contributed by atoms with Crippen LogP contribution < -0.4 is 10.9 Å². The highest BCUT2D eigenvalue weighted by Crippen LogP contribution is 2.30. The second-order valence-corrected chi connectivity index (χ2v) is 5.00. The molecule has 2 heterocycles. The molecule has 3 aliphatic rings. The fourth-order valence-corrected chi connectivity index (χ4v) is 3.12. The first-order valence-electron chi connectivity index (χ1n) is 6.13. The molecule has 0 radical (unpaired) electrons. The van der Waals surface area contributed by atoms with Crippen molar-refractivity contribution < 1.29 is 9.59 Å². The molecule has 1 aliphatic carbocycles. The summed E-state index contributed by atoms with van der Waals surface area (Å²) >= 11 is 0. The molecule has 2 aliphatic heterocycles. The van der Waals surface area contributed by atoms with E-state index in [4.69, 9.17) is 0 Å². The summed E-state index contributed by atoms with van der Waals surface area (Å²) in [7, 11) is 0. The summed E-state index contributed by atoms with van der Waals surface area (Å²) < 4.78 is 0. The molecule has 2 N–H and O–H groups in total. The molecule has 16 heavy (non-hydrogen) atoms. The Morgan fingerprint density at radius 1 is 1.12 bits per heavy atom. The van der Waals surface area contributed by atoms with Crippen molar-refractivity contribution in [1.82, 2.24) is 15.8 Å². The van der Waals surface area contributed by atoms with E-state index in [9.17, 15) is 9.59 Å². The molecule has 2 saturated heterocycles. The highest BCUT2D eigenvalue weighted by Gasteiger charge is 2.49. The van der Waals surface area contributed by atoms with Gasteiger partial charge in [-0.25, -0.2) is 5.43 Å². The van der Waals surface area contributed by atoms with Gasteiger partial charge >= 0.3 is 0 Å². The third-order valence-electron chi connectivity index (χ3n) is 4.05. The molecule has 2 atom stereocenters. The Balaban J connectivity index is 1.73. The Kier molecular flexibility index (Phi) is 2.35. The van der Waals surface area contributed by atoms with Gasteiger partial charge in [0.2, 0.25) is 11.8 Å². The van der Waals surface area contributed by atoms with Crippen molar-refractivity contribution >= 4 is 11.8 Å². The van der Waals surface area contributed by atoms with Crippen molar-refractivity contribution in [3.05, 3.63) is 0 Å². The van der Waals surface area contributed by atoms with Gasteiger partial charge in [-0.05, 0) is 12.8 Å². The highest BCUT2D eigenvalue weighted by molar-refractivity contribution is 5.96. The first-order chi connectivity index (χ1) is 7.77. The Bertz CT molecular complexity index is 325. The average Bonchev–Trinajstić information content (AvgIpc) is 2.83. The third kappa shape index (κ3) is 1.42. The van der Waals surface area contributed by atoms with Crippen molar-refractivity contribution in [1.29, 1.82) is 0 Å². The number of carbonyl (C=O) groups excluding carboxylic acids is 2. The van der Waals surface area contributed by atoms with E-state index in [1.54, 1.807) is 0 Å². The molecular formula is C11H17N3O2. The normalized spacial score (nSPS) is 35.4. The van der Waals surface area contributed by atoms with Gasteiger partial charge in [-0.2, -0.15) is 0 Å². The minimum atomic E-state index is -0.311.